The van der Waals surface area contributed by atoms with Crippen molar-refractivity contribution >= 4 is 10.0 Å². The number of hydrogen-bond donors (Lipinski definition) is 2. The van der Waals surface area contributed by atoms with Gasteiger partial charge in [-0.2, -0.15) is 5.10 Å². The molecule has 6 nitrogen and oxygen atoms in total. The number of sulfonamides is 1. The minimum Gasteiger partial charge on any atom is -0.317 e. The van der Waals surface area contributed by atoms with Crippen LogP contribution in [0.25, 0.3) is 0 Å². The van der Waals surface area contributed by atoms with Crippen LogP contribution in [0.1, 0.15) is 19.3 Å². The van der Waals surface area contributed by atoms with E-state index in [0.717, 1.165) is 32.4 Å². The second-order valence-corrected chi connectivity index (χ2v) is 7.05. The molecule has 1 unspecified atom stereocenters. The highest BCUT2D eigenvalue weighted by Gasteiger charge is 2.55. The first-order valence-electron chi connectivity index (χ1n) is 6.24. The molecule has 0 radical (unpaired) electrons. The summed E-state index contributed by atoms with van der Waals surface area (Å²) >= 11 is 0. The lowest BCUT2D eigenvalue weighted by molar-refractivity contribution is 0.337. The number of nitrogens with one attached hydrogen (secondary N) is 2. The van der Waals surface area contributed by atoms with Gasteiger partial charge in [0.2, 0.25) is 10.0 Å². The van der Waals surface area contributed by atoms with Crippen LogP contribution in [0.3, 0.4) is 0 Å². The van der Waals surface area contributed by atoms with Crippen molar-refractivity contribution in [1.29, 1.82) is 0 Å². The van der Waals surface area contributed by atoms with Gasteiger partial charge in [0.15, 0.2) is 0 Å². The molecule has 2 heterocycles. The van der Waals surface area contributed by atoms with E-state index < -0.39 is 10.0 Å². The fraction of sp³-hybridized carbons (Fsp3) is 0.727. The fourth-order valence-corrected chi connectivity index (χ4v) is 4.11. The highest BCUT2D eigenvalue weighted by atomic mass is 32.2. The highest BCUT2D eigenvalue weighted by Crippen LogP contribution is 2.53. The van der Waals surface area contributed by atoms with Crippen molar-refractivity contribution < 1.29 is 8.42 Å². The van der Waals surface area contributed by atoms with Gasteiger partial charge in [-0.25, -0.2) is 13.1 Å². The Morgan fingerprint density at radius 3 is 2.83 bits per heavy atom. The summed E-state index contributed by atoms with van der Waals surface area (Å²) in [5.74, 6) is 0. The standard InChI is InChI=1S/C11H18N4O2S/c1-15-8-9(7-13-15)18(16,17)14-10-6-11(10)2-4-12-5-3-11/h7-8,10,12,14H,2-6H2,1H3. The number of aromatic nitrogens is 2. The first-order chi connectivity index (χ1) is 8.52. The van der Waals surface area contributed by atoms with E-state index in [9.17, 15) is 8.42 Å². The molecule has 2 fully saturated rings. The predicted octanol–water partition coefficient (Wildman–Crippen LogP) is -0.159. The zero-order valence-electron chi connectivity index (χ0n) is 10.4. The Labute approximate surface area is 107 Å². The highest BCUT2D eigenvalue weighted by molar-refractivity contribution is 7.89. The Morgan fingerprint density at radius 2 is 2.22 bits per heavy atom. The second-order valence-electron chi connectivity index (χ2n) is 5.34. The quantitative estimate of drug-likeness (QED) is 0.800. The van der Waals surface area contributed by atoms with Crippen LogP contribution < -0.4 is 10.0 Å². The normalized spacial score (nSPS) is 26.4. The average molecular weight is 270 g/mol. The van der Waals surface area contributed by atoms with E-state index in [4.69, 9.17) is 0 Å². The lowest BCUT2D eigenvalue weighted by atomic mass is 9.94. The molecular weight excluding hydrogens is 252 g/mol. The smallest absolute Gasteiger partial charge is 0.243 e. The van der Waals surface area contributed by atoms with Crippen LogP contribution in [0.2, 0.25) is 0 Å². The molecule has 2 aliphatic rings. The maximum Gasteiger partial charge on any atom is 0.243 e. The van der Waals surface area contributed by atoms with E-state index in [2.05, 4.69) is 15.1 Å². The predicted molar refractivity (Wildman–Crippen MR) is 66.5 cm³/mol. The number of hydrogen-bond acceptors (Lipinski definition) is 4. The van der Waals surface area contributed by atoms with Gasteiger partial charge in [0.05, 0.1) is 6.20 Å². The summed E-state index contributed by atoms with van der Waals surface area (Å²) in [7, 11) is -1.69. The minimum absolute atomic E-state index is 0.102. The summed E-state index contributed by atoms with van der Waals surface area (Å²) in [6.07, 6.45) is 6.01. The third-order valence-electron chi connectivity index (χ3n) is 4.08. The Kier molecular flexibility index (Phi) is 2.72. The number of piperidine rings is 1. The molecule has 1 saturated heterocycles. The van der Waals surface area contributed by atoms with Crippen LogP contribution in [0.4, 0.5) is 0 Å². The van der Waals surface area contributed by atoms with E-state index >= 15 is 0 Å². The van der Waals surface area contributed by atoms with Crippen molar-refractivity contribution in [3.63, 3.8) is 0 Å². The van der Waals surface area contributed by atoms with Gasteiger partial charge in [-0.15, -0.1) is 0 Å². The Morgan fingerprint density at radius 1 is 1.50 bits per heavy atom. The number of aryl methyl sites for hydroxylation is 1. The monoisotopic (exact) mass is 270 g/mol. The molecule has 1 spiro atoms. The molecule has 7 heteroatoms. The topological polar surface area (TPSA) is 76.0 Å². The SMILES string of the molecule is Cn1cc(S(=O)(=O)NC2CC23CCNCC3)cn1. The maximum atomic E-state index is 12.1. The van der Waals surface area contributed by atoms with Gasteiger partial charge < -0.3 is 5.32 Å². The number of rotatable bonds is 3. The van der Waals surface area contributed by atoms with Crippen LogP contribution in [-0.2, 0) is 17.1 Å². The van der Waals surface area contributed by atoms with Gasteiger partial charge in [0.1, 0.15) is 4.90 Å². The molecule has 1 aromatic rings. The minimum atomic E-state index is -3.41. The zero-order valence-corrected chi connectivity index (χ0v) is 11.2. The van der Waals surface area contributed by atoms with E-state index in [1.807, 2.05) is 0 Å². The first-order valence-corrected chi connectivity index (χ1v) is 7.72. The third-order valence-corrected chi connectivity index (χ3v) is 5.50. The van der Waals surface area contributed by atoms with Gasteiger partial charge in [0.25, 0.3) is 0 Å². The maximum absolute atomic E-state index is 12.1. The Balaban J connectivity index is 1.70. The van der Waals surface area contributed by atoms with Crippen molar-refractivity contribution in [2.75, 3.05) is 13.1 Å². The van der Waals surface area contributed by atoms with Crippen LogP contribution in [0.15, 0.2) is 17.3 Å². The van der Waals surface area contributed by atoms with Crippen molar-refractivity contribution in [3.8, 4) is 0 Å². The summed E-state index contributed by atoms with van der Waals surface area (Å²) in [6, 6.07) is 0.102. The van der Waals surface area contributed by atoms with Crippen LogP contribution in [0, 0.1) is 5.41 Å². The van der Waals surface area contributed by atoms with E-state index in [0.29, 0.717) is 0 Å². The lowest BCUT2D eigenvalue weighted by Gasteiger charge is -2.23. The van der Waals surface area contributed by atoms with Crippen molar-refractivity contribution in [3.05, 3.63) is 12.4 Å². The average Bonchev–Trinajstić information content (AvgIpc) is 2.75. The van der Waals surface area contributed by atoms with Crippen molar-refractivity contribution in [2.24, 2.45) is 12.5 Å². The van der Waals surface area contributed by atoms with E-state index in [-0.39, 0.29) is 16.4 Å². The van der Waals surface area contributed by atoms with Gasteiger partial charge in [-0.05, 0) is 37.8 Å². The summed E-state index contributed by atoms with van der Waals surface area (Å²) < 4.78 is 28.6. The molecule has 1 atom stereocenters. The molecule has 1 saturated carbocycles. The molecule has 0 aromatic carbocycles. The van der Waals surface area contributed by atoms with Crippen molar-refractivity contribution in [1.82, 2.24) is 19.8 Å². The Hall–Kier alpha value is -0.920. The summed E-state index contributed by atoms with van der Waals surface area (Å²) in [5, 5.41) is 7.21. The molecule has 0 bridgehead atoms. The molecule has 18 heavy (non-hydrogen) atoms. The molecule has 1 aliphatic heterocycles. The Bertz CT molecular complexity index is 545. The molecule has 1 aromatic heterocycles. The van der Waals surface area contributed by atoms with Crippen LogP contribution in [-0.4, -0.2) is 37.3 Å². The lowest BCUT2D eigenvalue weighted by Crippen LogP contribution is -2.35. The fourth-order valence-electron chi connectivity index (χ4n) is 2.78. The van der Waals surface area contributed by atoms with Gasteiger partial charge in [-0.1, -0.05) is 0 Å². The van der Waals surface area contributed by atoms with Crippen molar-refractivity contribution in [2.45, 2.75) is 30.2 Å². The molecule has 2 N–H and O–H groups in total. The molecule has 3 rings (SSSR count). The first kappa shape index (κ1) is 12.1. The van der Waals surface area contributed by atoms with Crippen LogP contribution in [0.5, 0.6) is 0 Å². The number of nitrogens with zero attached hydrogens (tertiary/aromatic N) is 2. The van der Waals surface area contributed by atoms with Gasteiger partial charge in [0, 0.05) is 19.3 Å². The summed E-state index contributed by atoms with van der Waals surface area (Å²) in [4.78, 5) is 0.251. The van der Waals surface area contributed by atoms with Gasteiger partial charge >= 0.3 is 0 Å². The van der Waals surface area contributed by atoms with E-state index in [1.165, 1.54) is 17.1 Å². The third kappa shape index (κ3) is 2.06. The molecular formula is C11H18N4O2S. The summed E-state index contributed by atoms with van der Waals surface area (Å²) in [5.41, 5.74) is 0.209. The molecule has 0 amide bonds. The summed E-state index contributed by atoms with van der Waals surface area (Å²) in [6.45, 7) is 1.98. The van der Waals surface area contributed by atoms with Crippen LogP contribution >= 0.6 is 0 Å². The molecule has 1 aliphatic carbocycles. The largest absolute Gasteiger partial charge is 0.317 e. The molecule has 100 valence electrons. The zero-order chi connectivity index (χ0) is 12.8. The van der Waals surface area contributed by atoms with E-state index in [1.54, 1.807) is 7.05 Å². The second kappa shape index (κ2) is 4.04. The van der Waals surface area contributed by atoms with Gasteiger partial charge in [-0.3, -0.25) is 4.68 Å².